The molecule has 4 atom stereocenters. The standard InChI is InChI=1S/C24H24N2O3/c1-2-15-17-12-20(28)26(19(13-27)14-8-4-3-5-9-14)23(15)21-16-10-6-7-11-18(16)25-22(21)24(17)29/h3-11,15,17,19,23,25,27H,2,12-13H2,1H3/t15?,17-,19-,23+/m0/s1. The predicted octanol–water partition coefficient (Wildman–Crippen LogP) is 4.01. The summed E-state index contributed by atoms with van der Waals surface area (Å²) in [5, 5.41) is 11.3. The van der Waals surface area contributed by atoms with Crippen molar-refractivity contribution in [2.24, 2.45) is 11.8 Å². The maximum absolute atomic E-state index is 13.3. The lowest BCUT2D eigenvalue weighted by Crippen LogP contribution is -2.53. The number of H-pyrrole nitrogens is 1. The summed E-state index contributed by atoms with van der Waals surface area (Å²) in [6, 6.07) is 16.9. The van der Waals surface area contributed by atoms with Gasteiger partial charge in [0, 0.05) is 28.8 Å². The van der Waals surface area contributed by atoms with Crippen LogP contribution in [-0.2, 0) is 4.79 Å². The van der Waals surface area contributed by atoms with Crippen molar-refractivity contribution in [2.75, 3.05) is 6.61 Å². The van der Waals surface area contributed by atoms with Crippen LogP contribution in [0.2, 0.25) is 0 Å². The number of nitrogens with zero attached hydrogens (tertiary/aromatic N) is 1. The molecular weight excluding hydrogens is 364 g/mol. The summed E-state index contributed by atoms with van der Waals surface area (Å²) in [5.41, 5.74) is 3.38. The highest BCUT2D eigenvalue weighted by Gasteiger charge is 2.52. The fourth-order valence-corrected chi connectivity index (χ4v) is 5.42. The molecule has 5 heteroatoms. The molecular formula is C24H24N2O3. The van der Waals surface area contributed by atoms with E-state index in [1.54, 1.807) is 0 Å². The number of aromatic amines is 1. The number of amides is 1. The highest BCUT2D eigenvalue weighted by molar-refractivity contribution is 6.07. The topological polar surface area (TPSA) is 73.4 Å². The maximum Gasteiger partial charge on any atom is 0.224 e. The molecule has 29 heavy (non-hydrogen) atoms. The van der Waals surface area contributed by atoms with Crippen LogP contribution < -0.4 is 0 Å². The van der Waals surface area contributed by atoms with Gasteiger partial charge in [-0.15, -0.1) is 0 Å². The van der Waals surface area contributed by atoms with Gasteiger partial charge in [0.25, 0.3) is 0 Å². The van der Waals surface area contributed by atoms with Gasteiger partial charge in [-0.25, -0.2) is 0 Å². The highest BCUT2D eigenvalue weighted by Crippen LogP contribution is 2.52. The third-order valence-corrected chi connectivity index (χ3v) is 6.69. The zero-order valence-corrected chi connectivity index (χ0v) is 16.3. The van der Waals surface area contributed by atoms with Crippen LogP contribution in [0.25, 0.3) is 10.9 Å². The average Bonchev–Trinajstić information content (AvgIpc) is 3.14. The molecule has 2 aromatic carbocycles. The molecule has 2 heterocycles. The Morgan fingerprint density at radius 3 is 2.55 bits per heavy atom. The fourth-order valence-electron chi connectivity index (χ4n) is 5.42. The lowest BCUT2D eigenvalue weighted by atomic mass is 9.67. The van der Waals surface area contributed by atoms with Crippen LogP contribution in [0.15, 0.2) is 54.6 Å². The van der Waals surface area contributed by atoms with E-state index >= 15 is 0 Å². The summed E-state index contributed by atoms with van der Waals surface area (Å²) in [5.74, 6) is -0.265. The van der Waals surface area contributed by atoms with E-state index < -0.39 is 6.04 Å². The molecule has 1 aromatic heterocycles. The van der Waals surface area contributed by atoms with Gasteiger partial charge in [0.15, 0.2) is 5.78 Å². The molecule has 2 N–H and O–H groups in total. The lowest BCUT2D eigenvalue weighted by molar-refractivity contribution is -0.147. The Morgan fingerprint density at radius 1 is 1.10 bits per heavy atom. The number of para-hydroxylation sites is 1. The van der Waals surface area contributed by atoms with Crippen molar-refractivity contribution >= 4 is 22.6 Å². The molecule has 2 bridgehead atoms. The van der Waals surface area contributed by atoms with Gasteiger partial charge in [-0.1, -0.05) is 61.9 Å². The molecule has 3 aromatic rings. The number of benzene rings is 2. The molecule has 1 unspecified atom stereocenters. The van der Waals surface area contributed by atoms with Crippen LogP contribution in [0.3, 0.4) is 0 Å². The number of aliphatic hydroxyl groups is 1. The molecule has 1 aliphatic carbocycles. The van der Waals surface area contributed by atoms with Gasteiger partial charge in [-0.3, -0.25) is 9.59 Å². The number of ketones is 1. The number of aliphatic hydroxyl groups excluding tert-OH is 1. The molecule has 148 valence electrons. The Hall–Kier alpha value is -2.92. The second kappa shape index (κ2) is 6.85. The quantitative estimate of drug-likeness (QED) is 0.709. The van der Waals surface area contributed by atoms with Gasteiger partial charge in [0.2, 0.25) is 5.91 Å². The minimum Gasteiger partial charge on any atom is -0.394 e. The van der Waals surface area contributed by atoms with E-state index in [0.29, 0.717) is 5.69 Å². The minimum atomic E-state index is -0.432. The SMILES string of the molecule is CCC1[C@@H]2CC(=O)N([C@@H](CO)c3ccccc3)[C@H]1c1c([nH]c3ccccc13)C2=O. The summed E-state index contributed by atoms with van der Waals surface area (Å²) in [7, 11) is 0. The number of aromatic nitrogens is 1. The third-order valence-electron chi connectivity index (χ3n) is 6.69. The molecule has 5 rings (SSSR count). The van der Waals surface area contributed by atoms with E-state index in [1.165, 1.54) is 0 Å². The molecule has 0 spiro atoms. The van der Waals surface area contributed by atoms with E-state index in [9.17, 15) is 14.7 Å². The lowest BCUT2D eigenvalue weighted by Gasteiger charge is -2.50. The van der Waals surface area contributed by atoms with Gasteiger partial charge >= 0.3 is 0 Å². The number of likely N-dealkylation sites (tertiary alicyclic amines) is 1. The van der Waals surface area contributed by atoms with Crippen molar-refractivity contribution in [2.45, 2.75) is 31.8 Å². The van der Waals surface area contributed by atoms with Crippen molar-refractivity contribution in [1.29, 1.82) is 0 Å². The minimum absolute atomic E-state index is 0.0460. The zero-order chi connectivity index (χ0) is 20.1. The van der Waals surface area contributed by atoms with Crippen LogP contribution in [0.4, 0.5) is 0 Å². The second-order valence-electron chi connectivity index (χ2n) is 8.06. The summed E-state index contributed by atoms with van der Waals surface area (Å²) >= 11 is 0. The van der Waals surface area contributed by atoms with Gasteiger partial charge in [-0.2, -0.15) is 0 Å². The van der Waals surface area contributed by atoms with Gasteiger partial charge < -0.3 is 15.0 Å². The monoisotopic (exact) mass is 388 g/mol. The van der Waals surface area contributed by atoms with Crippen molar-refractivity contribution in [3.05, 3.63) is 71.4 Å². The number of piperidine rings is 1. The number of Topliss-reactive ketones (excluding diaryl/α,β-unsaturated/α-hetero) is 1. The zero-order valence-electron chi connectivity index (χ0n) is 16.3. The third kappa shape index (κ3) is 2.57. The van der Waals surface area contributed by atoms with E-state index in [0.717, 1.165) is 28.5 Å². The number of carbonyl (C=O) groups is 2. The number of fused-ring (bicyclic) bond motifs is 6. The van der Waals surface area contributed by atoms with E-state index in [1.807, 2.05) is 59.5 Å². The normalized spacial score (nSPS) is 24.6. The number of hydrogen-bond acceptors (Lipinski definition) is 3. The molecule has 0 radical (unpaired) electrons. The Balaban J connectivity index is 1.74. The summed E-state index contributed by atoms with van der Waals surface area (Å²) < 4.78 is 0. The number of hydrogen-bond donors (Lipinski definition) is 2. The number of carbonyl (C=O) groups excluding carboxylic acids is 2. The number of nitrogens with one attached hydrogen (secondary N) is 1. The summed E-state index contributed by atoms with van der Waals surface area (Å²) in [6.07, 6.45) is 1.00. The van der Waals surface area contributed by atoms with Gasteiger partial charge in [0.05, 0.1) is 24.4 Å². The molecule has 0 saturated carbocycles. The molecule has 1 fully saturated rings. The Kier molecular flexibility index (Phi) is 4.28. The summed E-state index contributed by atoms with van der Waals surface area (Å²) in [6.45, 7) is 1.93. The average molecular weight is 388 g/mol. The Labute approximate surface area is 169 Å². The maximum atomic E-state index is 13.3. The largest absolute Gasteiger partial charge is 0.394 e. The van der Waals surface area contributed by atoms with Gasteiger partial charge in [0.1, 0.15) is 0 Å². The molecule has 1 saturated heterocycles. The van der Waals surface area contributed by atoms with E-state index in [4.69, 9.17) is 0 Å². The van der Waals surface area contributed by atoms with E-state index in [-0.39, 0.29) is 42.6 Å². The molecule has 1 amide bonds. The Morgan fingerprint density at radius 2 is 1.83 bits per heavy atom. The van der Waals surface area contributed by atoms with Crippen molar-refractivity contribution in [3.8, 4) is 0 Å². The van der Waals surface area contributed by atoms with Crippen LogP contribution in [0, 0.1) is 11.8 Å². The van der Waals surface area contributed by atoms with Crippen LogP contribution in [-0.4, -0.2) is 33.3 Å². The first-order valence-corrected chi connectivity index (χ1v) is 10.3. The van der Waals surface area contributed by atoms with Gasteiger partial charge in [-0.05, 0) is 17.5 Å². The molecule has 5 nitrogen and oxygen atoms in total. The second-order valence-corrected chi connectivity index (χ2v) is 8.06. The van der Waals surface area contributed by atoms with Crippen molar-refractivity contribution in [3.63, 3.8) is 0 Å². The molecule has 2 aliphatic rings. The van der Waals surface area contributed by atoms with Crippen LogP contribution in [0.5, 0.6) is 0 Å². The predicted molar refractivity (Wildman–Crippen MR) is 110 cm³/mol. The number of rotatable bonds is 4. The van der Waals surface area contributed by atoms with Crippen molar-refractivity contribution < 1.29 is 14.7 Å². The van der Waals surface area contributed by atoms with E-state index in [2.05, 4.69) is 11.9 Å². The summed E-state index contributed by atoms with van der Waals surface area (Å²) in [4.78, 5) is 31.8. The first kappa shape index (κ1) is 18.1. The Bertz CT molecular complexity index is 1090. The molecule has 1 aliphatic heterocycles. The smallest absolute Gasteiger partial charge is 0.224 e. The van der Waals surface area contributed by atoms with Crippen LogP contribution >= 0.6 is 0 Å². The first-order chi connectivity index (χ1) is 14.2. The van der Waals surface area contributed by atoms with Crippen molar-refractivity contribution in [1.82, 2.24) is 9.88 Å². The van der Waals surface area contributed by atoms with Crippen LogP contribution in [0.1, 0.15) is 53.5 Å². The first-order valence-electron chi connectivity index (χ1n) is 10.3. The highest BCUT2D eigenvalue weighted by atomic mass is 16.3. The fraction of sp³-hybridized carbons (Fsp3) is 0.333.